The van der Waals surface area contributed by atoms with Gasteiger partial charge in [-0.25, -0.2) is 0 Å². The molecule has 4 heteroatoms. The van der Waals surface area contributed by atoms with E-state index < -0.39 is 0 Å². The molecule has 2 rings (SSSR count). The lowest BCUT2D eigenvalue weighted by atomic mass is 10.2. The minimum absolute atomic E-state index is 0.815. The van der Waals surface area contributed by atoms with Crippen molar-refractivity contribution < 1.29 is 4.74 Å². The van der Waals surface area contributed by atoms with E-state index in [9.17, 15) is 0 Å². The first kappa shape index (κ1) is 12.9. The molecule has 88 valence electrons. The lowest BCUT2D eigenvalue weighted by Crippen LogP contribution is -2.00. The third-order valence-corrected chi connectivity index (χ3v) is 4.51. The van der Waals surface area contributed by atoms with Crippen molar-refractivity contribution in [3.05, 3.63) is 26.6 Å². The standard InChI is InChI=1S/C12H13Br3O/c13-7-9-5-10(14)12(11(15)6-9)16-4-3-8-1-2-8/h5-6,8H,1-4,7H2. The molecule has 0 aromatic heterocycles. The summed E-state index contributed by atoms with van der Waals surface area (Å²) in [5.74, 6) is 1.84. The van der Waals surface area contributed by atoms with Gasteiger partial charge in [-0.15, -0.1) is 0 Å². The van der Waals surface area contributed by atoms with Crippen molar-refractivity contribution >= 4 is 47.8 Å². The Labute approximate surface area is 121 Å². The molecular weight excluding hydrogens is 400 g/mol. The van der Waals surface area contributed by atoms with E-state index in [4.69, 9.17) is 4.74 Å². The molecule has 1 aromatic carbocycles. The summed E-state index contributed by atoms with van der Waals surface area (Å²) in [6, 6.07) is 4.18. The van der Waals surface area contributed by atoms with Crippen LogP contribution >= 0.6 is 47.8 Å². The van der Waals surface area contributed by atoms with Crippen LogP contribution in [0.25, 0.3) is 0 Å². The average molecular weight is 413 g/mol. The highest BCUT2D eigenvalue weighted by Crippen LogP contribution is 2.37. The first-order chi connectivity index (χ1) is 7.70. The van der Waals surface area contributed by atoms with Gasteiger partial charge in [-0.2, -0.15) is 0 Å². The van der Waals surface area contributed by atoms with Crippen LogP contribution in [-0.4, -0.2) is 6.61 Å². The summed E-state index contributed by atoms with van der Waals surface area (Å²) in [6.07, 6.45) is 3.95. The van der Waals surface area contributed by atoms with E-state index in [0.29, 0.717) is 0 Å². The second-order valence-corrected chi connectivity index (χ2v) is 6.37. The van der Waals surface area contributed by atoms with E-state index in [2.05, 4.69) is 59.9 Å². The van der Waals surface area contributed by atoms with Gasteiger partial charge in [0.25, 0.3) is 0 Å². The van der Waals surface area contributed by atoms with Crippen LogP contribution in [-0.2, 0) is 5.33 Å². The Morgan fingerprint density at radius 2 is 1.81 bits per heavy atom. The summed E-state index contributed by atoms with van der Waals surface area (Å²) < 4.78 is 7.85. The van der Waals surface area contributed by atoms with Gasteiger partial charge in [-0.1, -0.05) is 28.8 Å². The number of alkyl halides is 1. The van der Waals surface area contributed by atoms with Crippen LogP contribution < -0.4 is 4.74 Å². The number of hydrogen-bond donors (Lipinski definition) is 0. The maximum Gasteiger partial charge on any atom is 0.147 e. The fraction of sp³-hybridized carbons (Fsp3) is 0.500. The molecule has 0 aliphatic heterocycles. The first-order valence-corrected chi connectivity index (χ1v) is 8.08. The fourth-order valence-electron chi connectivity index (χ4n) is 1.56. The summed E-state index contributed by atoms with van der Waals surface area (Å²) in [6.45, 7) is 0.815. The van der Waals surface area contributed by atoms with Gasteiger partial charge in [-0.05, 0) is 61.9 Å². The van der Waals surface area contributed by atoms with Gasteiger partial charge in [0, 0.05) is 5.33 Å². The second kappa shape index (κ2) is 5.87. The predicted molar refractivity (Wildman–Crippen MR) is 77.3 cm³/mol. The molecule has 0 spiro atoms. The minimum atomic E-state index is 0.815. The molecule has 0 atom stereocenters. The van der Waals surface area contributed by atoms with Crippen LogP contribution in [0.5, 0.6) is 5.75 Å². The van der Waals surface area contributed by atoms with Crippen LogP contribution in [0.4, 0.5) is 0 Å². The van der Waals surface area contributed by atoms with Gasteiger partial charge < -0.3 is 4.74 Å². The highest BCUT2D eigenvalue weighted by atomic mass is 79.9. The molecule has 0 saturated heterocycles. The van der Waals surface area contributed by atoms with Crippen LogP contribution in [0.1, 0.15) is 24.8 Å². The van der Waals surface area contributed by atoms with Gasteiger partial charge in [0.2, 0.25) is 0 Å². The van der Waals surface area contributed by atoms with E-state index in [1.807, 2.05) is 0 Å². The molecule has 1 aliphatic carbocycles. The van der Waals surface area contributed by atoms with Crippen molar-refractivity contribution in [2.75, 3.05) is 6.61 Å². The fourth-order valence-corrected chi connectivity index (χ4v) is 3.40. The summed E-state index contributed by atoms with van der Waals surface area (Å²) in [5.41, 5.74) is 1.23. The zero-order chi connectivity index (χ0) is 11.5. The Balaban J connectivity index is 2.00. The van der Waals surface area contributed by atoms with Crippen molar-refractivity contribution in [3.63, 3.8) is 0 Å². The average Bonchev–Trinajstić information content (AvgIpc) is 3.05. The van der Waals surface area contributed by atoms with Crippen molar-refractivity contribution in [2.24, 2.45) is 5.92 Å². The van der Waals surface area contributed by atoms with Crippen molar-refractivity contribution in [1.82, 2.24) is 0 Å². The zero-order valence-corrected chi connectivity index (χ0v) is 13.6. The molecule has 0 heterocycles. The Kier molecular flexibility index (Phi) is 4.74. The molecule has 0 bridgehead atoms. The quantitative estimate of drug-likeness (QED) is 0.597. The van der Waals surface area contributed by atoms with Crippen molar-refractivity contribution in [2.45, 2.75) is 24.6 Å². The lowest BCUT2D eigenvalue weighted by molar-refractivity contribution is 0.299. The molecule has 1 fully saturated rings. The first-order valence-electron chi connectivity index (χ1n) is 5.37. The molecule has 1 aliphatic rings. The highest BCUT2D eigenvalue weighted by molar-refractivity contribution is 9.11. The molecule has 1 aromatic rings. The largest absolute Gasteiger partial charge is 0.491 e. The summed E-state index contributed by atoms with van der Waals surface area (Å²) >= 11 is 10.5. The monoisotopic (exact) mass is 410 g/mol. The lowest BCUT2D eigenvalue weighted by Gasteiger charge is -2.11. The SMILES string of the molecule is BrCc1cc(Br)c(OCCC2CC2)c(Br)c1. The third kappa shape index (κ3) is 3.47. The van der Waals surface area contributed by atoms with Crippen LogP contribution in [0.3, 0.4) is 0 Å². The van der Waals surface area contributed by atoms with E-state index in [1.54, 1.807) is 0 Å². The Morgan fingerprint density at radius 3 is 2.31 bits per heavy atom. The van der Waals surface area contributed by atoms with Gasteiger partial charge in [0.15, 0.2) is 0 Å². The molecule has 0 amide bonds. The van der Waals surface area contributed by atoms with Crippen molar-refractivity contribution in [3.8, 4) is 5.75 Å². The molecule has 0 unspecified atom stereocenters. The molecule has 0 radical (unpaired) electrons. The van der Waals surface area contributed by atoms with Gasteiger partial charge in [0.05, 0.1) is 15.6 Å². The van der Waals surface area contributed by atoms with E-state index in [1.165, 1.54) is 24.8 Å². The number of hydrogen-bond acceptors (Lipinski definition) is 1. The third-order valence-electron chi connectivity index (χ3n) is 2.68. The number of benzene rings is 1. The molecule has 16 heavy (non-hydrogen) atoms. The summed E-state index contributed by atoms with van der Waals surface area (Å²) in [7, 11) is 0. The zero-order valence-electron chi connectivity index (χ0n) is 8.81. The number of halogens is 3. The Bertz CT molecular complexity index is 352. The highest BCUT2D eigenvalue weighted by Gasteiger charge is 2.21. The Morgan fingerprint density at radius 1 is 1.19 bits per heavy atom. The van der Waals surface area contributed by atoms with E-state index in [0.717, 1.165) is 32.5 Å². The smallest absolute Gasteiger partial charge is 0.147 e. The van der Waals surface area contributed by atoms with Gasteiger partial charge in [0.1, 0.15) is 5.75 Å². The number of rotatable bonds is 5. The minimum Gasteiger partial charge on any atom is -0.491 e. The van der Waals surface area contributed by atoms with Crippen LogP contribution in [0, 0.1) is 5.92 Å². The summed E-state index contributed by atoms with van der Waals surface area (Å²) in [4.78, 5) is 0. The second-order valence-electron chi connectivity index (χ2n) is 4.10. The van der Waals surface area contributed by atoms with Gasteiger partial charge in [-0.3, -0.25) is 0 Å². The van der Waals surface area contributed by atoms with E-state index in [-0.39, 0.29) is 0 Å². The maximum atomic E-state index is 5.81. The molecule has 1 nitrogen and oxygen atoms in total. The summed E-state index contributed by atoms with van der Waals surface area (Å²) in [5, 5.41) is 0.854. The topological polar surface area (TPSA) is 9.23 Å². The Hall–Kier alpha value is 0.460. The van der Waals surface area contributed by atoms with Gasteiger partial charge >= 0.3 is 0 Å². The molecular formula is C12H13Br3O. The normalized spacial score (nSPS) is 15.2. The predicted octanol–water partition coefficient (Wildman–Crippen LogP) is 5.29. The van der Waals surface area contributed by atoms with Crippen LogP contribution in [0.15, 0.2) is 21.1 Å². The number of ether oxygens (including phenoxy) is 1. The molecule has 0 N–H and O–H groups in total. The van der Waals surface area contributed by atoms with Crippen LogP contribution in [0.2, 0.25) is 0 Å². The maximum absolute atomic E-state index is 5.81. The molecule has 1 saturated carbocycles. The van der Waals surface area contributed by atoms with Crippen molar-refractivity contribution in [1.29, 1.82) is 0 Å². The van der Waals surface area contributed by atoms with E-state index >= 15 is 0 Å².